The molecule has 7 nitrogen and oxygen atoms in total. The maximum atomic E-state index is 11.8. The van der Waals surface area contributed by atoms with Gasteiger partial charge in [-0.2, -0.15) is 13.2 Å². The van der Waals surface area contributed by atoms with Gasteiger partial charge in [-0.25, -0.2) is 4.79 Å². The molecular weight excluding hydrogens is 345 g/mol. The lowest BCUT2D eigenvalue weighted by Crippen LogP contribution is -2.41. The van der Waals surface area contributed by atoms with Gasteiger partial charge in [0.2, 0.25) is 5.91 Å². The highest BCUT2D eigenvalue weighted by Gasteiger charge is 2.29. The Balaban J connectivity index is 1.59. The first-order valence-electron chi connectivity index (χ1n) is 7.46. The summed E-state index contributed by atoms with van der Waals surface area (Å²) < 4.78 is 50.6. The van der Waals surface area contributed by atoms with E-state index in [4.69, 9.17) is 9.47 Å². The molecule has 1 heterocycles. The summed E-state index contributed by atoms with van der Waals surface area (Å²) in [6.07, 6.45) is -6.28. The number of hydrogen-bond donors (Lipinski definition) is 2. The fourth-order valence-corrected chi connectivity index (χ4v) is 1.96. The smallest absolute Gasteiger partial charge is 0.422 e. The minimum absolute atomic E-state index is 0.106. The lowest BCUT2D eigenvalue weighted by molar-refractivity contribution is -0.160. The summed E-state index contributed by atoms with van der Waals surface area (Å²) in [5.74, 6) is 0.826. The summed E-state index contributed by atoms with van der Waals surface area (Å²) in [6.45, 7) is -1.34. The highest BCUT2D eigenvalue weighted by molar-refractivity contribution is 5.77. The van der Waals surface area contributed by atoms with E-state index in [1.54, 1.807) is 18.2 Å². The zero-order valence-corrected chi connectivity index (χ0v) is 13.1. The number of alkyl halides is 3. The summed E-state index contributed by atoms with van der Waals surface area (Å²) in [5, 5.41) is 4.66. The molecule has 0 bridgehead atoms. The standard InChI is InChI=1S/C15H17F3N2O5/c16-15(17,18)9-24-14(22)19-6-5-13(21)20-7-10-8-23-11-3-1-2-4-12(11)25-10/h1-4,10H,5-9H2,(H,19,22)(H,20,21)/t10-/m0/s1. The Labute approximate surface area is 141 Å². The van der Waals surface area contributed by atoms with E-state index >= 15 is 0 Å². The lowest BCUT2D eigenvalue weighted by atomic mass is 10.2. The molecule has 1 aromatic rings. The van der Waals surface area contributed by atoms with Crippen molar-refractivity contribution in [3.63, 3.8) is 0 Å². The second-order valence-electron chi connectivity index (χ2n) is 5.17. The monoisotopic (exact) mass is 362 g/mol. The van der Waals surface area contributed by atoms with E-state index in [0.717, 1.165) is 0 Å². The molecule has 0 radical (unpaired) electrons. The van der Waals surface area contributed by atoms with Crippen LogP contribution in [-0.2, 0) is 9.53 Å². The minimum atomic E-state index is -4.59. The molecule has 2 N–H and O–H groups in total. The van der Waals surface area contributed by atoms with Crippen LogP contribution >= 0.6 is 0 Å². The zero-order valence-electron chi connectivity index (χ0n) is 13.1. The van der Waals surface area contributed by atoms with Gasteiger partial charge in [0.05, 0.1) is 6.54 Å². The van der Waals surface area contributed by atoms with E-state index in [9.17, 15) is 22.8 Å². The number of benzene rings is 1. The van der Waals surface area contributed by atoms with Gasteiger partial charge in [0, 0.05) is 13.0 Å². The second kappa shape index (κ2) is 8.45. The number of hydrogen-bond acceptors (Lipinski definition) is 5. The molecule has 2 amide bonds. The number of alkyl carbamates (subject to hydrolysis) is 1. The Morgan fingerprint density at radius 3 is 2.64 bits per heavy atom. The molecule has 1 aliphatic heterocycles. The predicted molar refractivity (Wildman–Crippen MR) is 79.4 cm³/mol. The number of amides is 2. The summed E-state index contributed by atoms with van der Waals surface area (Å²) in [4.78, 5) is 22.6. The van der Waals surface area contributed by atoms with Crippen LogP contribution in [0.25, 0.3) is 0 Å². The van der Waals surface area contributed by atoms with Gasteiger partial charge in [-0.1, -0.05) is 12.1 Å². The zero-order chi connectivity index (χ0) is 18.3. The Kier molecular flexibility index (Phi) is 6.31. The van der Waals surface area contributed by atoms with E-state index in [2.05, 4.69) is 15.4 Å². The first kappa shape index (κ1) is 18.7. The van der Waals surface area contributed by atoms with Crippen molar-refractivity contribution >= 4 is 12.0 Å². The summed E-state index contributed by atoms with van der Waals surface area (Å²) in [6, 6.07) is 7.14. The molecule has 0 saturated carbocycles. The maximum Gasteiger partial charge on any atom is 0.422 e. The van der Waals surface area contributed by atoms with E-state index in [-0.39, 0.29) is 32.2 Å². The third-order valence-corrected chi connectivity index (χ3v) is 3.08. The summed E-state index contributed by atoms with van der Waals surface area (Å²) in [5.41, 5.74) is 0. The van der Waals surface area contributed by atoms with Crippen LogP contribution in [0.4, 0.5) is 18.0 Å². The molecule has 0 fully saturated rings. The Bertz CT molecular complexity index is 609. The highest BCUT2D eigenvalue weighted by Crippen LogP contribution is 2.30. The molecule has 25 heavy (non-hydrogen) atoms. The van der Waals surface area contributed by atoms with Crippen LogP contribution < -0.4 is 20.1 Å². The first-order chi connectivity index (χ1) is 11.8. The molecule has 1 aromatic carbocycles. The molecular formula is C15H17F3N2O5. The fourth-order valence-electron chi connectivity index (χ4n) is 1.96. The Hall–Kier alpha value is -2.65. The van der Waals surface area contributed by atoms with Crippen LogP contribution in [0.5, 0.6) is 11.5 Å². The third-order valence-electron chi connectivity index (χ3n) is 3.08. The number of fused-ring (bicyclic) bond motifs is 1. The van der Waals surface area contributed by atoms with Gasteiger partial charge in [0.1, 0.15) is 12.7 Å². The Morgan fingerprint density at radius 2 is 1.92 bits per heavy atom. The topological polar surface area (TPSA) is 85.9 Å². The van der Waals surface area contributed by atoms with Gasteiger partial charge in [0.15, 0.2) is 18.1 Å². The van der Waals surface area contributed by atoms with Crippen molar-refractivity contribution < 1.29 is 37.0 Å². The quantitative estimate of drug-likeness (QED) is 0.803. The van der Waals surface area contributed by atoms with Crippen molar-refractivity contribution in [3.05, 3.63) is 24.3 Å². The van der Waals surface area contributed by atoms with E-state index in [1.807, 2.05) is 6.07 Å². The van der Waals surface area contributed by atoms with Crippen molar-refractivity contribution in [2.45, 2.75) is 18.7 Å². The average molecular weight is 362 g/mol. The lowest BCUT2D eigenvalue weighted by Gasteiger charge is -2.26. The van der Waals surface area contributed by atoms with Crippen molar-refractivity contribution in [3.8, 4) is 11.5 Å². The molecule has 0 spiro atoms. The van der Waals surface area contributed by atoms with Gasteiger partial charge in [0.25, 0.3) is 0 Å². The SMILES string of the molecule is O=C(CCNC(=O)OCC(F)(F)F)NC[C@H]1COc2ccccc2O1. The number of ether oxygens (including phenoxy) is 3. The van der Waals surface area contributed by atoms with Crippen molar-refractivity contribution in [1.82, 2.24) is 10.6 Å². The van der Waals surface area contributed by atoms with E-state index < -0.39 is 24.8 Å². The highest BCUT2D eigenvalue weighted by atomic mass is 19.4. The van der Waals surface area contributed by atoms with Crippen molar-refractivity contribution in [2.75, 3.05) is 26.3 Å². The van der Waals surface area contributed by atoms with Gasteiger partial charge in [-0.05, 0) is 12.1 Å². The van der Waals surface area contributed by atoms with Crippen LogP contribution in [0.2, 0.25) is 0 Å². The van der Waals surface area contributed by atoms with Gasteiger partial charge in [-0.15, -0.1) is 0 Å². The number of para-hydroxylation sites is 2. The number of rotatable bonds is 6. The molecule has 138 valence electrons. The molecule has 0 aliphatic carbocycles. The van der Waals surface area contributed by atoms with Crippen LogP contribution in [-0.4, -0.2) is 50.6 Å². The van der Waals surface area contributed by atoms with Gasteiger partial charge in [-0.3, -0.25) is 4.79 Å². The van der Waals surface area contributed by atoms with Crippen LogP contribution in [0.3, 0.4) is 0 Å². The number of halogens is 3. The predicted octanol–water partition coefficient (Wildman–Crippen LogP) is 1.62. The van der Waals surface area contributed by atoms with Crippen molar-refractivity contribution in [1.29, 1.82) is 0 Å². The van der Waals surface area contributed by atoms with Crippen LogP contribution in [0.1, 0.15) is 6.42 Å². The molecule has 1 aliphatic rings. The average Bonchev–Trinajstić information content (AvgIpc) is 2.57. The van der Waals surface area contributed by atoms with E-state index in [0.29, 0.717) is 11.5 Å². The van der Waals surface area contributed by atoms with E-state index in [1.165, 1.54) is 0 Å². The summed E-state index contributed by atoms with van der Waals surface area (Å²) >= 11 is 0. The molecule has 0 saturated heterocycles. The van der Waals surface area contributed by atoms with Gasteiger partial charge < -0.3 is 24.8 Å². The van der Waals surface area contributed by atoms with Crippen molar-refractivity contribution in [2.24, 2.45) is 0 Å². The fraction of sp³-hybridized carbons (Fsp3) is 0.467. The number of carbonyl (C=O) groups is 2. The normalized spacial score (nSPS) is 16.0. The number of nitrogens with one attached hydrogen (secondary N) is 2. The summed E-state index contributed by atoms with van der Waals surface area (Å²) in [7, 11) is 0. The largest absolute Gasteiger partial charge is 0.486 e. The van der Waals surface area contributed by atoms with Crippen LogP contribution in [0.15, 0.2) is 24.3 Å². The molecule has 0 unspecified atom stereocenters. The molecule has 10 heteroatoms. The molecule has 1 atom stereocenters. The van der Waals surface area contributed by atoms with Gasteiger partial charge >= 0.3 is 12.3 Å². The first-order valence-corrected chi connectivity index (χ1v) is 7.46. The molecule has 0 aromatic heterocycles. The second-order valence-corrected chi connectivity index (χ2v) is 5.17. The third kappa shape index (κ3) is 6.77. The maximum absolute atomic E-state index is 11.8. The van der Waals surface area contributed by atoms with Crippen LogP contribution in [0, 0.1) is 0 Å². The Morgan fingerprint density at radius 1 is 1.20 bits per heavy atom. The number of carbonyl (C=O) groups excluding carboxylic acids is 2. The minimum Gasteiger partial charge on any atom is -0.486 e. The molecule has 2 rings (SSSR count).